The molecule has 0 aliphatic carbocycles. The van der Waals surface area contributed by atoms with Gasteiger partial charge in [0, 0.05) is 17.8 Å². The van der Waals surface area contributed by atoms with Crippen molar-refractivity contribution in [2.75, 3.05) is 20.3 Å². The second kappa shape index (κ2) is 7.85. The first-order chi connectivity index (χ1) is 15.6. The van der Waals surface area contributed by atoms with Gasteiger partial charge in [0.05, 0.1) is 35.0 Å². The Morgan fingerprint density at radius 3 is 2.53 bits per heavy atom. The van der Waals surface area contributed by atoms with Crippen molar-refractivity contribution < 1.29 is 19.0 Å². The number of hydrogen-bond acceptors (Lipinski definition) is 6. The molecule has 0 amide bonds. The number of benzene rings is 2. The topological polar surface area (TPSA) is 79.7 Å². The summed E-state index contributed by atoms with van der Waals surface area (Å²) in [5, 5.41) is 0.347. The van der Waals surface area contributed by atoms with Crippen LogP contribution in [0.5, 0.6) is 11.5 Å². The van der Waals surface area contributed by atoms with Gasteiger partial charge in [-0.3, -0.25) is 14.3 Å². The van der Waals surface area contributed by atoms with Crippen LogP contribution >= 0.6 is 0 Å². The van der Waals surface area contributed by atoms with Crippen LogP contribution in [0.25, 0.3) is 27.7 Å². The van der Waals surface area contributed by atoms with E-state index in [1.807, 2.05) is 30.3 Å². The molecular weight excluding hydrogens is 408 g/mol. The van der Waals surface area contributed by atoms with E-state index in [0.29, 0.717) is 52.6 Å². The summed E-state index contributed by atoms with van der Waals surface area (Å²) in [5.74, 6) is 0.690. The Balaban J connectivity index is 1.83. The largest absolute Gasteiger partial charge is 0.486 e. The number of ether oxygens (including phenoxy) is 3. The van der Waals surface area contributed by atoms with Gasteiger partial charge in [-0.1, -0.05) is 30.3 Å². The standard InChI is InChI=1S/C25H20N2O5/c1-15-21(25(29)30-2)22(16-6-4-3-5-7-16)23-18(26-15)10-11-27(24(23)28)17-8-9-19-20(14-17)32-13-12-31-19/h3-11,14H,12-13H2,1-2H3. The van der Waals surface area contributed by atoms with Gasteiger partial charge in [-0.05, 0) is 30.7 Å². The van der Waals surface area contributed by atoms with E-state index in [1.54, 1.807) is 37.4 Å². The predicted molar refractivity (Wildman–Crippen MR) is 120 cm³/mol. The highest BCUT2D eigenvalue weighted by molar-refractivity contribution is 6.07. The van der Waals surface area contributed by atoms with Crippen LogP contribution < -0.4 is 15.0 Å². The van der Waals surface area contributed by atoms with Crippen LogP contribution in [0.4, 0.5) is 0 Å². The first kappa shape index (κ1) is 19.8. The minimum absolute atomic E-state index is 0.281. The molecule has 0 N–H and O–H groups in total. The van der Waals surface area contributed by atoms with E-state index < -0.39 is 5.97 Å². The summed E-state index contributed by atoms with van der Waals surface area (Å²) >= 11 is 0. The number of aromatic nitrogens is 2. The third-order valence-electron chi connectivity index (χ3n) is 5.48. The monoisotopic (exact) mass is 428 g/mol. The van der Waals surface area contributed by atoms with Gasteiger partial charge in [-0.2, -0.15) is 0 Å². The van der Waals surface area contributed by atoms with Gasteiger partial charge in [0.2, 0.25) is 0 Å². The van der Waals surface area contributed by atoms with E-state index in [2.05, 4.69) is 4.98 Å². The Kier molecular flexibility index (Phi) is 4.86. The van der Waals surface area contributed by atoms with Crippen LogP contribution in [0.2, 0.25) is 0 Å². The molecule has 4 aromatic rings. The number of carbonyl (C=O) groups is 1. The smallest absolute Gasteiger partial charge is 0.340 e. The van der Waals surface area contributed by atoms with Crippen molar-refractivity contribution in [3.05, 3.63) is 82.4 Å². The summed E-state index contributed by atoms with van der Waals surface area (Å²) in [6, 6.07) is 16.5. The number of aryl methyl sites for hydroxylation is 1. The van der Waals surface area contributed by atoms with E-state index in [-0.39, 0.29) is 11.1 Å². The number of rotatable bonds is 3. The number of methoxy groups -OCH3 is 1. The molecular formula is C25H20N2O5. The summed E-state index contributed by atoms with van der Waals surface area (Å²) in [5.41, 5.74) is 2.86. The molecule has 0 atom stereocenters. The van der Waals surface area contributed by atoms with Crippen LogP contribution in [-0.4, -0.2) is 35.8 Å². The SMILES string of the molecule is COC(=O)c1c(C)nc2ccn(-c3ccc4c(c3)OCCO4)c(=O)c2c1-c1ccccc1. The van der Waals surface area contributed by atoms with Crippen LogP contribution in [0.15, 0.2) is 65.6 Å². The van der Waals surface area contributed by atoms with Crippen LogP contribution in [0, 0.1) is 6.92 Å². The molecule has 1 aliphatic rings. The third-order valence-corrected chi connectivity index (χ3v) is 5.48. The zero-order valence-corrected chi connectivity index (χ0v) is 17.6. The summed E-state index contributed by atoms with van der Waals surface area (Å²) < 4.78 is 17.8. The van der Waals surface area contributed by atoms with Gasteiger partial charge in [0.15, 0.2) is 11.5 Å². The molecule has 1 aliphatic heterocycles. The first-order valence-corrected chi connectivity index (χ1v) is 10.2. The summed E-state index contributed by atoms with van der Waals surface area (Å²) in [4.78, 5) is 31.0. The molecule has 2 aromatic heterocycles. The van der Waals surface area contributed by atoms with Gasteiger partial charge in [-0.15, -0.1) is 0 Å². The van der Waals surface area contributed by atoms with Crippen LogP contribution in [0.1, 0.15) is 16.1 Å². The fourth-order valence-corrected chi connectivity index (χ4v) is 4.03. The second-order valence-electron chi connectivity index (χ2n) is 7.38. The number of pyridine rings is 2. The molecule has 0 fully saturated rings. The molecule has 3 heterocycles. The molecule has 7 nitrogen and oxygen atoms in total. The van der Waals surface area contributed by atoms with Crippen LogP contribution in [-0.2, 0) is 4.74 Å². The van der Waals surface area contributed by atoms with Crippen molar-refractivity contribution in [2.45, 2.75) is 6.92 Å². The molecule has 0 spiro atoms. The molecule has 7 heteroatoms. The molecule has 0 saturated carbocycles. The second-order valence-corrected chi connectivity index (χ2v) is 7.38. The molecule has 0 radical (unpaired) electrons. The van der Waals surface area contributed by atoms with E-state index in [4.69, 9.17) is 14.2 Å². The maximum absolute atomic E-state index is 13.8. The van der Waals surface area contributed by atoms with Crippen molar-refractivity contribution in [1.82, 2.24) is 9.55 Å². The zero-order valence-electron chi connectivity index (χ0n) is 17.6. The number of nitrogens with zero attached hydrogens (tertiary/aromatic N) is 2. The van der Waals surface area contributed by atoms with E-state index in [9.17, 15) is 9.59 Å². The average molecular weight is 428 g/mol. The fraction of sp³-hybridized carbons (Fsp3) is 0.160. The van der Waals surface area contributed by atoms with Crippen molar-refractivity contribution >= 4 is 16.9 Å². The van der Waals surface area contributed by atoms with Gasteiger partial charge in [-0.25, -0.2) is 4.79 Å². The van der Waals surface area contributed by atoms with Crippen molar-refractivity contribution in [3.8, 4) is 28.3 Å². The van der Waals surface area contributed by atoms with Gasteiger partial charge in [0.1, 0.15) is 13.2 Å². The molecule has 0 unspecified atom stereocenters. The lowest BCUT2D eigenvalue weighted by Crippen LogP contribution is -2.21. The van der Waals surface area contributed by atoms with E-state index >= 15 is 0 Å². The van der Waals surface area contributed by atoms with E-state index in [0.717, 1.165) is 5.56 Å². The van der Waals surface area contributed by atoms with Crippen LogP contribution in [0.3, 0.4) is 0 Å². The minimum Gasteiger partial charge on any atom is -0.486 e. The first-order valence-electron chi connectivity index (χ1n) is 10.2. The molecule has 2 aromatic carbocycles. The Bertz CT molecular complexity index is 1410. The number of fused-ring (bicyclic) bond motifs is 2. The highest BCUT2D eigenvalue weighted by atomic mass is 16.6. The Morgan fingerprint density at radius 2 is 1.78 bits per heavy atom. The summed E-state index contributed by atoms with van der Waals surface area (Å²) in [7, 11) is 1.32. The van der Waals surface area contributed by atoms with Gasteiger partial charge < -0.3 is 14.2 Å². The molecule has 0 bridgehead atoms. The summed E-state index contributed by atoms with van der Waals surface area (Å²) in [6.07, 6.45) is 1.68. The zero-order chi connectivity index (χ0) is 22.2. The normalized spacial score (nSPS) is 12.6. The van der Waals surface area contributed by atoms with Crippen molar-refractivity contribution in [3.63, 3.8) is 0 Å². The lowest BCUT2D eigenvalue weighted by atomic mass is 9.95. The minimum atomic E-state index is -0.537. The maximum Gasteiger partial charge on any atom is 0.340 e. The number of esters is 1. The summed E-state index contributed by atoms with van der Waals surface area (Å²) in [6.45, 7) is 2.68. The molecule has 160 valence electrons. The average Bonchev–Trinajstić information content (AvgIpc) is 2.83. The Morgan fingerprint density at radius 1 is 1.03 bits per heavy atom. The third kappa shape index (κ3) is 3.19. The lowest BCUT2D eigenvalue weighted by molar-refractivity contribution is 0.0600. The quantitative estimate of drug-likeness (QED) is 0.460. The molecule has 0 saturated heterocycles. The predicted octanol–water partition coefficient (Wildman–Crippen LogP) is 3.92. The highest BCUT2D eigenvalue weighted by Crippen LogP contribution is 2.34. The lowest BCUT2D eigenvalue weighted by Gasteiger charge is -2.19. The van der Waals surface area contributed by atoms with E-state index in [1.165, 1.54) is 11.7 Å². The van der Waals surface area contributed by atoms with Crippen molar-refractivity contribution in [1.29, 1.82) is 0 Å². The van der Waals surface area contributed by atoms with Crippen molar-refractivity contribution in [2.24, 2.45) is 0 Å². The molecule has 5 rings (SSSR count). The maximum atomic E-state index is 13.8. The number of carbonyl (C=O) groups excluding carboxylic acids is 1. The highest BCUT2D eigenvalue weighted by Gasteiger charge is 2.24. The van der Waals surface area contributed by atoms with Gasteiger partial charge >= 0.3 is 5.97 Å². The van der Waals surface area contributed by atoms with Gasteiger partial charge in [0.25, 0.3) is 5.56 Å². The Labute approximate surface area is 183 Å². The fourth-order valence-electron chi connectivity index (χ4n) is 4.03. The molecule has 32 heavy (non-hydrogen) atoms. The Hall–Kier alpha value is -4.13. The number of hydrogen-bond donors (Lipinski definition) is 0.